The molecule has 164 valence electrons. The molecule has 0 saturated carbocycles. The molecule has 0 aromatic heterocycles. The Morgan fingerprint density at radius 2 is 1.90 bits per heavy atom. The van der Waals surface area contributed by atoms with Crippen molar-refractivity contribution in [2.45, 2.75) is 65.4 Å². The zero-order valence-corrected chi connectivity index (χ0v) is 18.7. The van der Waals surface area contributed by atoms with Gasteiger partial charge in [-0.15, -0.1) is 6.42 Å². The molecule has 0 aliphatic carbocycles. The smallest absolute Gasteiger partial charge is 0.139 e. The molecule has 2 atom stereocenters. The van der Waals surface area contributed by atoms with Gasteiger partial charge in [-0.1, -0.05) is 58.9 Å². The molecule has 3 nitrogen and oxygen atoms in total. The van der Waals surface area contributed by atoms with Crippen LogP contribution in [0.15, 0.2) is 24.3 Å². The van der Waals surface area contributed by atoms with E-state index in [1.54, 1.807) is 6.07 Å². The number of hydrogen-bond acceptors (Lipinski definition) is 3. The van der Waals surface area contributed by atoms with Gasteiger partial charge in [0.1, 0.15) is 24.3 Å². The quantitative estimate of drug-likeness (QED) is 0.429. The summed E-state index contributed by atoms with van der Waals surface area (Å²) in [7, 11) is 0. The van der Waals surface area contributed by atoms with Crippen LogP contribution in [0.4, 0.5) is 4.39 Å². The minimum Gasteiger partial charge on any atom is -0.491 e. The third-order valence-electron chi connectivity index (χ3n) is 5.49. The normalized spacial score (nSPS) is 13.4. The highest BCUT2D eigenvalue weighted by atomic mass is 19.1. The molecule has 2 unspecified atom stereocenters. The molecule has 2 rings (SSSR count). The number of ether oxygens (including phenoxy) is 2. The number of unbranched alkanes of at least 4 members (excludes halogenated alkanes) is 1. The number of aliphatic hydroxyl groups is 1. The SMILES string of the molecule is C#Cc1c(F)ccc2cc(OCC(O)COCC(CC)CCCC)cc(C(C)C)c12. The van der Waals surface area contributed by atoms with Crippen LogP contribution in [0.25, 0.3) is 10.8 Å². The second-order valence-electron chi connectivity index (χ2n) is 8.25. The maximum Gasteiger partial charge on any atom is 0.139 e. The summed E-state index contributed by atoms with van der Waals surface area (Å²) in [5.41, 5.74) is 1.21. The van der Waals surface area contributed by atoms with Gasteiger partial charge >= 0.3 is 0 Å². The summed E-state index contributed by atoms with van der Waals surface area (Å²) in [6.45, 7) is 9.49. The van der Waals surface area contributed by atoms with E-state index in [2.05, 4.69) is 19.8 Å². The fraction of sp³-hybridized carbons (Fsp3) is 0.538. The molecule has 0 aliphatic heterocycles. The summed E-state index contributed by atoms with van der Waals surface area (Å²) in [5.74, 6) is 3.41. The first-order valence-corrected chi connectivity index (χ1v) is 11.0. The zero-order valence-electron chi connectivity index (χ0n) is 18.7. The van der Waals surface area contributed by atoms with E-state index in [4.69, 9.17) is 15.9 Å². The van der Waals surface area contributed by atoms with Gasteiger partial charge < -0.3 is 14.6 Å². The number of fused-ring (bicyclic) bond motifs is 1. The summed E-state index contributed by atoms with van der Waals surface area (Å²) in [4.78, 5) is 0. The van der Waals surface area contributed by atoms with Crippen LogP contribution < -0.4 is 4.74 Å². The highest BCUT2D eigenvalue weighted by molar-refractivity contribution is 5.93. The molecule has 2 aromatic carbocycles. The maximum atomic E-state index is 14.2. The van der Waals surface area contributed by atoms with E-state index < -0.39 is 11.9 Å². The van der Waals surface area contributed by atoms with Gasteiger partial charge in [-0.05, 0) is 47.4 Å². The van der Waals surface area contributed by atoms with Crippen molar-refractivity contribution in [1.29, 1.82) is 0 Å². The second-order valence-corrected chi connectivity index (χ2v) is 8.25. The van der Waals surface area contributed by atoms with Crippen LogP contribution >= 0.6 is 0 Å². The average Bonchev–Trinajstić information content (AvgIpc) is 2.74. The number of hydrogen-bond donors (Lipinski definition) is 1. The zero-order chi connectivity index (χ0) is 22.1. The molecule has 0 heterocycles. The summed E-state index contributed by atoms with van der Waals surface area (Å²) in [5, 5.41) is 11.8. The number of rotatable bonds is 12. The highest BCUT2D eigenvalue weighted by Crippen LogP contribution is 2.33. The third-order valence-corrected chi connectivity index (χ3v) is 5.49. The van der Waals surface area contributed by atoms with Crippen LogP contribution in [0.1, 0.15) is 70.4 Å². The lowest BCUT2D eigenvalue weighted by atomic mass is 9.92. The average molecular weight is 415 g/mol. The van der Waals surface area contributed by atoms with E-state index in [-0.39, 0.29) is 24.7 Å². The standard InChI is InChI=1S/C26H35FO3/c1-6-9-10-19(7-2)15-29-16-21(28)17-30-22-13-20-11-12-25(27)23(8-3)26(20)24(14-22)18(4)5/h3,11-14,18-19,21,28H,6-7,9-10,15-17H2,1-2,4-5H3. The van der Waals surface area contributed by atoms with Crippen LogP contribution in [-0.4, -0.2) is 31.0 Å². The van der Waals surface area contributed by atoms with Crippen LogP contribution in [0.5, 0.6) is 5.75 Å². The Bertz CT molecular complexity index is 853. The molecular formula is C26H35FO3. The minimum atomic E-state index is -0.707. The van der Waals surface area contributed by atoms with E-state index in [0.717, 1.165) is 29.2 Å². The van der Waals surface area contributed by atoms with E-state index in [1.165, 1.54) is 18.9 Å². The Labute approximate surface area is 180 Å². The van der Waals surface area contributed by atoms with E-state index in [0.29, 0.717) is 18.3 Å². The monoisotopic (exact) mass is 414 g/mol. The minimum absolute atomic E-state index is 0.137. The molecule has 0 spiro atoms. The first-order valence-electron chi connectivity index (χ1n) is 11.0. The van der Waals surface area contributed by atoms with Crippen molar-refractivity contribution in [3.63, 3.8) is 0 Å². The fourth-order valence-electron chi connectivity index (χ4n) is 3.63. The lowest BCUT2D eigenvalue weighted by Gasteiger charge is -2.18. The van der Waals surface area contributed by atoms with Gasteiger partial charge in [0.05, 0.1) is 12.2 Å². The lowest BCUT2D eigenvalue weighted by molar-refractivity contribution is -0.00108. The summed E-state index contributed by atoms with van der Waals surface area (Å²) >= 11 is 0. The van der Waals surface area contributed by atoms with Crippen molar-refractivity contribution in [2.24, 2.45) is 5.92 Å². The largest absolute Gasteiger partial charge is 0.491 e. The fourth-order valence-corrected chi connectivity index (χ4v) is 3.63. The molecule has 0 amide bonds. The van der Waals surface area contributed by atoms with E-state index in [9.17, 15) is 9.50 Å². The predicted molar refractivity (Wildman–Crippen MR) is 122 cm³/mol. The van der Waals surface area contributed by atoms with Crippen LogP contribution in [-0.2, 0) is 4.74 Å². The molecule has 0 aliphatic rings. The van der Waals surface area contributed by atoms with Crippen LogP contribution in [0.3, 0.4) is 0 Å². The van der Waals surface area contributed by atoms with Crippen molar-refractivity contribution in [3.05, 3.63) is 41.2 Å². The summed E-state index contributed by atoms with van der Waals surface area (Å²) in [6.07, 6.45) is 9.49. The number of halogens is 1. The topological polar surface area (TPSA) is 38.7 Å². The highest BCUT2D eigenvalue weighted by Gasteiger charge is 2.15. The Morgan fingerprint density at radius 3 is 2.53 bits per heavy atom. The molecule has 30 heavy (non-hydrogen) atoms. The van der Waals surface area contributed by atoms with Gasteiger partial charge in [-0.3, -0.25) is 0 Å². The molecule has 1 N–H and O–H groups in total. The Kier molecular flexibility index (Phi) is 9.62. The molecule has 0 radical (unpaired) electrons. The van der Waals surface area contributed by atoms with E-state index >= 15 is 0 Å². The van der Waals surface area contributed by atoms with Crippen LogP contribution in [0.2, 0.25) is 0 Å². The van der Waals surface area contributed by atoms with Crippen molar-refractivity contribution in [3.8, 4) is 18.1 Å². The van der Waals surface area contributed by atoms with Gasteiger partial charge in [0.2, 0.25) is 0 Å². The molecular weight excluding hydrogens is 379 g/mol. The van der Waals surface area contributed by atoms with Gasteiger partial charge in [-0.2, -0.15) is 0 Å². The first kappa shape index (κ1) is 24.2. The summed E-state index contributed by atoms with van der Waals surface area (Å²) in [6, 6.07) is 6.83. The Morgan fingerprint density at radius 1 is 1.13 bits per heavy atom. The Balaban J connectivity index is 2.02. The molecule has 4 heteroatoms. The maximum absolute atomic E-state index is 14.2. The summed E-state index contributed by atoms with van der Waals surface area (Å²) < 4.78 is 25.7. The first-order chi connectivity index (χ1) is 14.4. The molecule has 2 aromatic rings. The number of terminal acetylenes is 1. The van der Waals surface area contributed by atoms with Crippen molar-refractivity contribution in [2.75, 3.05) is 19.8 Å². The number of benzene rings is 2. The number of aliphatic hydroxyl groups excluding tert-OH is 1. The molecule has 0 saturated heterocycles. The second kappa shape index (κ2) is 11.9. The van der Waals surface area contributed by atoms with Gasteiger partial charge in [0.15, 0.2) is 0 Å². The van der Waals surface area contributed by atoms with E-state index in [1.807, 2.05) is 26.0 Å². The lowest BCUT2D eigenvalue weighted by Crippen LogP contribution is -2.25. The van der Waals surface area contributed by atoms with Gasteiger partial charge in [-0.25, -0.2) is 4.39 Å². The third kappa shape index (κ3) is 6.45. The van der Waals surface area contributed by atoms with Crippen molar-refractivity contribution < 1.29 is 19.0 Å². The van der Waals surface area contributed by atoms with Crippen molar-refractivity contribution in [1.82, 2.24) is 0 Å². The van der Waals surface area contributed by atoms with Crippen LogP contribution in [0, 0.1) is 24.1 Å². The Hall–Kier alpha value is -2.09. The van der Waals surface area contributed by atoms with Gasteiger partial charge in [0.25, 0.3) is 0 Å². The molecule has 0 bridgehead atoms. The van der Waals surface area contributed by atoms with Gasteiger partial charge in [0, 0.05) is 12.0 Å². The van der Waals surface area contributed by atoms with Crippen molar-refractivity contribution >= 4 is 10.8 Å². The molecule has 0 fully saturated rings. The predicted octanol–water partition coefficient (Wildman–Crippen LogP) is 6.06.